The van der Waals surface area contributed by atoms with Gasteiger partial charge in [0.15, 0.2) is 17.3 Å². The standard InChI is InChI=1S/C26H29FN2O3/c1-5-32-13-12-19-6-8-20(9-7-19)24-17-29(16-22(30)14-18(2)3)26(28-24)21-10-11-23(27)25(15-21)31-4/h6-13,15,17-18H,5,14,16H2,1-4H3/b13-12-. The van der Waals surface area contributed by atoms with Gasteiger partial charge >= 0.3 is 0 Å². The molecule has 0 atom stereocenters. The lowest BCUT2D eigenvalue weighted by molar-refractivity contribution is -0.120. The largest absolute Gasteiger partial charge is 0.501 e. The molecular weight excluding hydrogens is 407 g/mol. The topological polar surface area (TPSA) is 53.4 Å². The molecule has 0 bridgehead atoms. The van der Waals surface area contributed by atoms with Crippen LogP contribution < -0.4 is 4.74 Å². The molecule has 0 unspecified atom stereocenters. The molecule has 32 heavy (non-hydrogen) atoms. The van der Waals surface area contributed by atoms with Crippen LogP contribution in [0.1, 0.15) is 32.8 Å². The van der Waals surface area contributed by atoms with Crippen LogP contribution in [0.3, 0.4) is 0 Å². The lowest BCUT2D eigenvalue weighted by Gasteiger charge is -2.10. The molecule has 5 nitrogen and oxygen atoms in total. The van der Waals surface area contributed by atoms with Gasteiger partial charge in [0.1, 0.15) is 5.82 Å². The highest BCUT2D eigenvalue weighted by atomic mass is 19.1. The zero-order valence-corrected chi connectivity index (χ0v) is 19.0. The number of rotatable bonds is 10. The quantitative estimate of drug-likeness (QED) is 0.367. The van der Waals surface area contributed by atoms with Gasteiger partial charge in [0.25, 0.3) is 0 Å². The highest BCUT2D eigenvalue weighted by Gasteiger charge is 2.16. The minimum absolute atomic E-state index is 0.121. The number of halogens is 1. The van der Waals surface area contributed by atoms with E-state index in [2.05, 4.69) is 0 Å². The molecule has 0 N–H and O–H groups in total. The molecule has 0 aliphatic rings. The van der Waals surface area contributed by atoms with E-state index in [1.165, 1.54) is 13.2 Å². The van der Waals surface area contributed by atoms with Crippen LogP contribution in [0.4, 0.5) is 4.39 Å². The number of ketones is 1. The zero-order valence-electron chi connectivity index (χ0n) is 19.0. The highest BCUT2D eigenvalue weighted by molar-refractivity contribution is 5.79. The van der Waals surface area contributed by atoms with Crippen molar-refractivity contribution in [1.82, 2.24) is 9.55 Å². The van der Waals surface area contributed by atoms with Gasteiger partial charge in [-0.15, -0.1) is 0 Å². The Morgan fingerprint density at radius 3 is 2.53 bits per heavy atom. The smallest absolute Gasteiger partial charge is 0.165 e. The lowest BCUT2D eigenvalue weighted by atomic mass is 10.1. The van der Waals surface area contributed by atoms with Gasteiger partial charge in [-0.25, -0.2) is 9.37 Å². The monoisotopic (exact) mass is 436 g/mol. The molecule has 168 valence electrons. The maximum Gasteiger partial charge on any atom is 0.165 e. The van der Waals surface area contributed by atoms with E-state index in [1.54, 1.807) is 18.4 Å². The van der Waals surface area contributed by atoms with Crippen molar-refractivity contribution in [1.29, 1.82) is 0 Å². The average Bonchev–Trinajstić information content (AvgIpc) is 3.17. The van der Waals surface area contributed by atoms with Gasteiger partial charge in [-0.2, -0.15) is 0 Å². The average molecular weight is 437 g/mol. The summed E-state index contributed by atoms with van der Waals surface area (Å²) in [6.45, 7) is 6.80. The third-order valence-electron chi connectivity index (χ3n) is 4.90. The van der Waals surface area contributed by atoms with Crippen molar-refractivity contribution >= 4 is 11.9 Å². The van der Waals surface area contributed by atoms with Crippen LogP contribution in [0.15, 0.2) is 54.9 Å². The van der Waals surface area contributed by atoms with Crippen molar-refractivity contribution in [3.05, 3.63) is 66.3 Å². The minimum Gasteiger partial charge on any atom is -0.501 e. The number of carbonyl (C=O) groups is 1. The van der Waals surface area contributed by atoms with E-state index in [0.717, 1.165) is 16.8 Å². The second-order valence-electron chi connectivity index (χ2n) is 7.94. The number of hydrogen-bond donors (Lipinski definition) is 0. The first kappa shape index (κ1) is 23.3. The fourth-order valence-electron chi connectivity index (χ4n) is 3.40. The molecule has 0 spiro atoms. The van der Waals surface area contributed by atoms with Crippen molar-refractivity contribution in [2.24, 2.45) is 5.92 Å². The van der Waals surface area contributed by atoms with Gasteiger partial charge < -0.3 is 14.0 Å². The third kappa shape index (κ3) is 5.84. The molecular formula is C26H29FN2O3. The number of Topliss-reactive ketones (excluding diaryl/α,β-unsaturated/α-hetero) is 1. The first-order chi connectivity index (χ1) is 15.4. The summed E-state index contributed by atoms with van der Waals surface area (Å²) in [6.07, 6.45) is 5.92. The number of ether oxygens (including phenoxy) is 2. The molecule has 2 aromatic carbocycles. The Morgan fingerprint density at radius 2 is 1.88 bits per heavy atom. The summed E-state index contributed by atoms with van der Waals surface area (Å²) in [6, 6.07) is 12.5. The van der Waals surface area contributed by atoms with Crippen LogP contribution in [-0.4, -0.2) is 29.1 Å². The molecule has 3 rings (SSSR count). The Balaban J connectivity index is 1.97. The molecule has 0 amide bonds. The number of benzene rings is 2. The summed E-state index contributed by atoms with van der Waals surface area (Å²) in [5.74, 6) is 0.683. The molecule has 0 aliphatic carbocycles. The highest BCUT2D eigenvalue weighted by Crippen LogP contribution is 2.29. The van der Waals surface area contributed by atoms with E-state index < -0.39 is 5.82 Å². The predicted molar refractivity (Wildman–Crippen MR) is 125 cm³/mol. The van der Waals surface area contributed by atoms with Gasteiger partial charge in [0.05, 0.1) is 32.2 Å². The van der Waals surface area contributed by atoms with E-state index in [0.29, 0.717) is 24.4 Å². The Hall–Kier alpha value is -3.41. The van der Waals surface area contributed by atoms with Crippen molar-refractivity contribution < 1.29 is 18.7 Å². The van der Waals surface area contributed by atoms with Crippen molar-refractivity contribution in [3.63, 3.8) is 0 Å². The fraction of sp³-hybridized carbons (Fsp3) is 0.308. The number of imidazole rings is 1. The predicted octanol–water partition coefficient (Wildman–Crippen LogP) is 5.99. The molecule has 3 aromatic rings. The van der Waals surface area contributed by atoms with Gasteiger partial charge in [-0.1, -0.05) is 38.1 Å². The summed E-state index contributed by atoms with van der Waals surface area (Å²) >= 11 is 0. The molecule has 0 fully saturated rings. The molecule has 6 heteroatoms. The number of nitrogens with zero attached hydrogens (tertiary/aromatic N) is 2. The maximum atomic E-state index is 13.9. The second-order valence-corrected chi connectivity index (χ2v) is 7.94. The van der Waals surface area contributed by atoms with Gasteiger partial charge in [-0.05, 0) is 42.7 Å². The molecule has 0 radical (unpaired) electrons. The zero-order chi connectivity index (χ0) is 23.1. The number of methoxy groups -OCH3 is 1. The maximum absolute atomic E-state index is 13.9. The minimum atomic E-state index is -0.443. The third-order valence-corrected chi connectivity index (χ3v) is 4.90. The van der Waals surface area contributed by atoms with Crippen LogP contribution in [0.5, 0.6) is 5.75 Å². The van der Waals surface area contributed by atoms with Crippen molar-refractivity contribution in [2.45, 2.75) is 33.7 Å². The fourth-order valence-corrected chi connectivity index (χ4v) is 3.40. The van der Waals surface area contributed by atoms with Crippen LogP contribution in [-0.2, 0) is 16.1 Å². The lowest BCUT2D eigenvalue weighted by Crippen LogP contribution is -2.12. The summed E-state index contributed by atoms with van der Waals surface area (Å²) in [7, 11) is 1.42. The summed E-state index contributed by atoms with van der Waals surface area (Å²) in [5.41, 5.74) is 3.35. The van der Waals surface area contributed by atoms with E-state index in [-0.39, 0.29) is 24.0 Å². The molecule has 1 heterocycles. The van der Waals surface area contributed by atoms with E-state index in [1.807, 2.05) is 61.9 Å². The number of hydrogen-bond acceptors (Lipinski definition) is 4. The van der Waals surface area contributed by atoms with Gasteiger partial charge in [-0.3, -0.25) is 4.79 Å². The molecule has 1 aromatic heterocycles. The van der Waals surface area contributed by atoms with Gasteiger partial charge in [0.2, 0.25) is 0 Å². The van der Waals surface area contributed by atoms with Crippen molar-refractivity contribution in [3.8, 4) is 28.4 Å². The van der Waals surface area contributed by atoms with Gasteiger partial charge in [0, 0.05) is 23.7 Å². The Kier molecular flexibility index (Phi) is 7.82. The Labute approximate surface area is 188 Å². The van der Waals surface area contributed by atoms with Crippen LogP contribution in [0.2, 0.25) is 0 Å². The molecule has 0 aliphatic heterocycles. The van der Waals surface area contributed by atoms with E-state index in [9.17, 15) is 9.18 Å². The Bertz CT molecular complexity index is 1080. The second kappa shape index (κ2) is 10.8. The normalized spacial score (nSPS) is 11.3. The molecule has 0 saturated heterocycles. The van der Waals surface area contributed by atoms with Crippen molar-refractivity contribution in [2.75, 3.05) is 13.7 Å². The first-order valence-corrected chi connectivity index (χ1v) is 10.7. The first-order valence-electron chi connectivity index (χ1n) is 10.7. The summed E-state index contributed by atoms with van der Waals surface area (Å²) in [4.78, 5) is 17.3. The number of carbonyl (C=O) groups excluding carboxylic acids is 1. The number of aromatic nitrogens is 2. The Morgan fingerprint density at radius 1 is 1.16 bits per heavy atom. The SMILES string of the molecule is CCO/C=C\c1ccc(-c2cn(CC(=O)CC(C)C)c(-c3ccc(F)c(OC)c3)n2)cc1. The van der Waals surface area contributed by atoms with Crippen LogP contribution >= 0.6 is 0 Å². The van der Waals surface area contributed by atoms with E-state index in [4.69, 9.17) is 14.5 Å². The molecule has 0 saturated carbocycles. The van der Waals surface area contributed by atoms with Crippen LogP contribution in [0.25, 0.3) is 28.7 Å². The summed E-state index contributed by atoms with van der Waals surface area (Å²) < 4.78 is 26.1. The summed E-state index contributed by atoms with van der Waals surface area (Å²) in [5, 5.41) is 0. The van der Waals surface area contributed by atoms with Crippen LogP contribution in [0, 0.1) is 11.7 Å². The van der Waals surface area contributed by atoms with E-state index >= 15 is 0 Å².